The van der Waals surface area contributed by atoms with Gasteiger partial charge in [0.05, 0.1) is 5.69 Å². The molecule has 0 saturated carbocycles. The number of nitrogens with zero attached hydrogens (tertiary/aromatic N) is 4. The lowest BCUT2D eigenvalue weighted by Crippen LogP contribution is -2.48. The molecule has 0 aliphatic carbocycles. The predicted octanol–water partition coefficient (Wildman–Crippen LogP) is 1.80. The predicted molar refractivity (Wildman–Crippen MR) is 89.7 cm³/mol. The van der Waals surface area contributed by atoms with E-state index in [1.54, 1.807) is 18.5 Å². The second-order valence-electron chi connectivity index (χ2n) is 6.20. The fourth-order valence-corrected chi connectivity index (χ4v) is 3.13. The van der Waals surface area contributed by atoms with Gasteiger partial charge in [0.25, 0.3) is 0 Å². The van der Waals surface area contributed by atoms with Gasteiger partial charge in [-0.1, -0.05) is 5.16 Å². The minimum atomic E-state index is 0.0656. The van der Waals surface area contributed by atoms with Crippen LogP contribution in [0.25, 0.3) is 0 Å². The van der Waals surface area contributed by atoms with Crippen molar-refractivity contribution in [2.24, 2.45) is 0 Å². The van der Waals surface area contributed by atoms with Crippen LogP contribution in [0.4, 0.5) is 5.95 Å². The molecule has 24 heavy (non-hydrogen) atoms. The van der Waals surface area contributed by atoms with E-state index in [-0.39, 0.29) is 11.9 Å². The Balaban J connectivity index is 1.51. The first-order chi connectivity index (χ1) is 11.6. The lowest BCUT2D eigenvalue weighted by Gasteiger charge is -2.33. The van der Waals surface area contributed by atoms with Crippen molar-refractivity contribution < 1.29 is 9.32 Å². The van der Waals surface area contributed by atoms with Crippen LogP contribution >= 0.6 is 0 Å². The van der Waals surface area contributed by atoms with Crippen LogP contribution in [-0.2, 0) is 11.2 Å². The summed E-state index contributed by atoms with van der Waals surface area (Å²) in [7, 11) is 0. The molecule has 3 heterocycles. The molecule has 0 aromatic carbocycles. The molecule has 1 amide bonds. The van der Waals surface area contributed by atoms with Crippen LogP contribution in [0, 0.1) is 13.8 Å². The van der Waals surface area contributed by atoms with Crippen molar-refractivity contribution in [2.75, 3.05) is 18.0 Å². The molecule has 3 rings (SSSR count). The second kappa shape index (κ2) is 7.42. The molecule has 1 N–H and O–H groups in total. The molecule has 1 unspecified atom stereocenters. The summed E-state index contributed by atoms with van der Waals surface area (Å²) in [5.41, 5.74) is 1.90. The summed E-state index contributed by atoms with van der Waals surface area (Å²) in [6.45, 7) is 5.46. The average Bonchev–Trinajstić information content (AvgIpc) is 2.92. The standard InChI is InChI=1S/C17H23N5O2/c1-12-15(13(2)24-21-12)6-7-16(23)20-14-5-3-10-22(11-14)17-18-8-4-9-19-17/h4,8-9,14H,3,5-7,10-11H2,1-2H3,(H,20,23). The quantitative estimate of drug-likeness (QED) is 0.900. The van der Waals surface area contributed by atoms with Crippen LogP contribution in [-0.4, -0.2) is 40.2 Å². The van der Waals surface area contributed by atoms with Crippen molar-refractivity contribution in [1.29, 1.82) is 0 Å². The lowest BCUT2D eigenvalue weighted by atomic mass is 10.0. The van der Waals surface area contributed by atoms with Crippen molar-refractivity contribution >= 4 is 11.9 Å². The van der Waals surface area contributed by atoms with Gasteiger partial charge in [-0.15, -0.1) is 0 Å². The Labute approximate surface area is 141 Å². The van der Waals surface area contributed by atoms with Crippen molar-refractivity contribution in [3.8, 4) is 0 Å². The first-order valence-corrected chi connectivity index (χ1v) is 8.36. The number of aryl methyl sites for hydroxylation is 2. The van der Waals surface area contributed by atoms with Gasteiger partial charge in [0, 0.05) is 43.5 Å². The van der Waals surface area contributed by atoms with Crippen LogP contribution in [0.1, 0.15) is 36.3 Å². The molecule has 1 saturated heterocycles. The highest BCUT2D eigenvalue weighted by molar-refractivity contribution is 5.76. The zero-order chi connectivity index (χ0) is 16.9. The third-order valence-electron chi connectivity index (χ3n) is 4.40. The van der Waals surface area contributed by atoms with Gasteiger partial charge >= 0.3 is 0 Å². The van der Waals surface area contributed by atoms with E-state index in [0.717, 1.165) is 48.9 Å². The minimum absolute atomic E-state index is 0.0656. The monoisotopic (exact) mass is 329 g/mol. The van der Waals surface area contributed by atoms with Crippen LogP contribution in [0.2, 0.25) is 0 Å². The third kappa shape index (κ3) is 3.90. The number of amides is 1. The van der Waals surface area contributed by atoms with Gasteiger partial charge in [0.1, 0.15) is 5.76 Å². The fourth-order valence-electron chi connectivity index (χ4n) is 3.13. The van der Waals surface area contributed by atoms with Crippen LogP contribution in [0.3, 0.4) is 0 Å². The Morgan fingerprint density at radius 1 is 1.38 bits per heavy atom. The van der Waals surface area contributed by atoms with Gasteiger partial charge in [-0.05, 0) is 39.2 Å². The van der Waals surface area contributed by atoms with Crippen molar-refractivity contribution in [3.63, 3.8) is 0 Å². The molecule has 1 atom stereocenters. The largest absolute Gasteiger partial charge is 0.361 e. The summed E-state index contributed by atoms with van der Waals surface area (Å²) in [6, 6.07) is 1.95. The number of piperidine rings is 1. The molecule has 0 radical (unpaired) electrons. The number of carbonyl (C=O) groups excluding carboxylic acids is 1. The van der Waals surface area contributed by atoms with Gasteiger partial charge in [-0.3, -0.25) is 4.79 Å². The first kappa shape index (κ1) is 16.4. The number of carbonyl (C=O) groups is 1. The first-order valence-electron chi connectivity index (χ1n) is 8.36. The number of rotatable bonds is 5. The summed E-state index contributed by atoms with van der Waals surface area (Å²) in [5, 5.41) is 7.06. The maximum Gasteiger partial charge on any atom is 0.225 e. The van der Waals surface area contributed by atoms with Gasteiger partial charge in [-0.25, -0.2) is 9.97 Å². The Morgan fingerprint density at radius 3 is 2.88 bits per heavy atom. The normalized spacial score (nSPS) is 17.8. The number of hydrogen-bond donors (Lipinski definition) is 1. The number of aromatic nitrogens is 3. The average molecular weight is 329 g/mol. The Morgan fingerprint density at radius 2 is 2.17 bits per heavy atom. The summed E-state index contributed by atoms with van der Waals surface area (Å²) < 4.78 is 5.14. The zero-order valence-electron chi connectivity index (χ0n) is 14.2. The molecular formula is C17H23N5O2. The van der Waals surface area contributed by atoms with Crippen LogP contribution in [0.15, 0.2) is 23.0 Å². The maximum absolute atomic E-state index is 12.3. The van der Waals surface area contributed by atoms with Gasteiger partial charge < -0.3 is 14.7 Å². The second-order valence-corrected chi connectivity index (χ2v) is 6.20. The molecule has 2 aromatic rings. The van der Waals surface area contributed by atoms with E-state index in [2.05, 4.69) is 25.3 Å². The van der Waals surface area contributed by atoms with Crippen molar-refractivity contribution in [3.05, 3.63) is 35.5 Å². The van der Waals surface area contributed by atoms with Gasteiger partial charge in [0.15, 0.2) is 0 Å². The summed E-state index contributed by atoms with van der Waals surface area (Å²) in [6.07, 6.45) is 6.60. The molecule has 0 spiro atoms. The van der Waals surface area contributed by atoms with E-state index in [9.17, 15) is 4.79 Å². The highest BCUT2D eigenvalue weighted by Gasteiger charge is 2.23. The van der Waals surface area contributed by atoms with Gasteiger partial charge in [-0.2, -0.15) is 0 Å². The molecule has 1 fully saturated rings. The SMILES string of the molecule is Cc1noc(C)c1CCC(=O)NC1CCCN(c2ncccn2)C1. The van der Waals surface area contributed by atoms with E-state index < -0.39 is 0 Å². The Bertz CT molecular complexity index is 666. The number of nitrogens with one attached hydrogen (secondary N) is 1. The minimum Gasteiger partial charge on any atom is -0.361 e. The third-order valence-corrected chi connectivity index (χ3v) is 4.40. The summed E-state index contributed by atoms with van der Waals surface area (Å²) in [5.74, 6) is 1.59. The molecular weight excluding hydrogens is 306 g/mol. The highest BCUT2D eigenvalue weighted by atomic mass is 16.5. The maximum atomic E-state index is 12.3. The molecule has 1 aliphatic heterocycles. The molecule has 128 valence electrons. The van der Waals surface area contributed by atoms with E-state index in [1.165, 1.54) is 0 Å². The Kier molecular flexibility index (Phi) is 5.08. The number of hydrogen-bond acceptors (Lipinski definition) is 6. The van der Waals surface area contributed by atoms with Crippen molar-refractivity contribution in [2.45, 2.75) is 45.6 Å². The molecule has 2 aromatic heterocycles. The molecule has 0 bridgehead atoms. The molecule has 7 nitrogen and oxygen atoms in total. The topological polar surface area (TPSA) is 84.2 Å². The fraction of sp³-hybridized carbons (Fsp3) is 0.529. The zero-order valence-corrected chi connectivity index (χ0v) is 14.2. The van der Waals surface area contributed by atoms with E-state index >= 15 is 0 Å². The summed E-state index contributed by atoms with van der Waals surface area (Å²) >= 11 is 0. The van der Waals surface area contributed by atoms with E-state index in [1.807, 2.05) is 13.8 Å². The number of anilines is 1. The van der Waals surface area contributed by atoms with Gasteiger partial charge in [0.2, 0.25) is 11.9 Å². The molecule has 7 heteroatoms. The van der Waals surface area contributed by atoms with E-state index in [4.69, 9.17) is 4.52 Å². The Hall–Kier alpha value is -2.44. The van der Waals surface area contributed by atoms with Crippen molar-refractivity contribution in [1.82, 2.24) is 20.4 Å². The highest BCUT2D eigenvalue weighted by Crippen LogP contribution is 2.17. The molecule has 1 aliphatic rings. The van der Waals surface area contributed by atoms with Crippen LogP contribution < -0.4 is 10.2 Å². The summed E-state index contributed by atoms with van der Waals surface area (Å²) in [4.78, 5) is 23.0. The smallest absolute Gasteiger partial charge is 0.225 e. The van der Waals surface area contributed by atoms with E-state index in [0.29, 0.717) is 12.8 Å². The lowest BCUT2D eigenvalue weighted by molar-refractivity contribution is -0.121. The van der Waals surface area contributed by atoms with Crippen LogP contribution in [0.5, 0.6) is 0 Å².